The maximum absolute atomic E-state index is 12.6. The van der Waals surface area contributed by atoms with Crippen LogP contribution in [0.1, 0.15) is 84.5 Å². The summed E-state index contributed by atoms with van der Waals surface area (Å²) in [5, 5.41) is 6.02. The number of hydrogen-bond acceptors (Lipinski definition) is 8. The van der Waals surface area contributed by atoms with Gasteiger partial charge in [-0.1, -0.05) is 36.5 Å². The standard InChI is InChI=1S/C35H46N2O8/c1-20-24-14-12-22(8-6-16-34(3)30(44-34)28(24)42-32(20)40)18-36-26(38)10-5-11-27(39)37-19-23-9-7-17-35(4)31(45-35)29-25(15-13-23)21(2)33(41)43-29/h8-9,24-25,28-31H,1-2,5-7,10-19H2,3-4H3,(H,36,38)(H,37,39)/b22-8+,23-9+/t24-,25-,28-,29-,30-,31-,34+,35+/m0/s1. The van der Waals surface area contributed by atoms with Crippen LogP contribution in [0.25, 0.3) is 0 Å². The molecule has 4 fully saturated rings. The van der Waals surface area contributed by atoms with E-state index in [4.69, 9.17) is 18.9 Å². The Hall–Kier alpha value is -3.24. The Morgan fingerprint density at radius 1 is 0.778 bits per heavy atom. The predicted molar refractivity (Wildman–Crippen MR) is 165 cm³/mol. The lowest BCUT2D eigenvalue weighted by Crippen LogP contribution is -2.30. The van der Waals surface area contributed by atoms with Gasteiger partial charge in [-0.25, -0.2) is 9.59 Å². The zero-order valence-corrected chi connectivity index (χ0v) is 26.5. The Morgan fingerprint density at radius 3 is 1.62 bits per heavy atom. The second-order valence-electron chi connectivity index (χ2n) is 14.0. The molecule has 0 bridgehead atoms. The van der Waals surface area contributed by atoms with Crippen LogP contribution >= 0.6 is 0 Å². The zero-order chi connectivity index (χ0) is 31.9. The number of fused-ring (bicyclic) bond motifs is 6. The first kappa shape index (κ1) is 31.7. The normalized spacial score (nSPS) is 39.7. The van der Waals surface area contributed by atoms with Crippen molar-refractivity contribution in [2.24, 2.45) is 11.8 Å². The number of esters is 2. The number of hydrogen-bond donors (Lipinski definition) is 2. The smallest absolute Gasteiger partial charge is 0.334 e. The van der Waals surface area contributed by atoms with Gasteiger partial charge in [0.1, 0.15) is 24.4 Å². The van der Waals surface area contributed by atoms with Crippen LogP contribution in [0.2, 0.25) is 0 Å². The minimum Gasteiger partial charge on any atom is -0.455 e. The summed E-state index contributed by atoms with van der Waals surface area (Å²) < 4.78 is 23.2. The lowest BCUT2D eigenvalue weighted by molar-refractivity contribution is -0.140. The van der Waals surface area contributed by atoms with Crippen LogP contribution in [-0.4, -0.2) is 72.5 Å². The van der Waals surface area contributed by atoms with Crippen LogP contribution in [-0.2, 0) is 38.1 Å². The summed E-state index contributed by atoms with van der Waals surface area (Å²) in [6, 6.07) is 0. The van der Waals surface area contributed by atoms with Gasteiger partial charge in [0.15, 0.2) is 0 Å². The minimum absolute atomic E-state index is 0.0765. The van der Waals surface area contributed by atoms with E-state index < -0.39 is 0 Å². The molecule has 6 rings (SSSR count). The van der Waals surface area contributed by atoms with Crippen molar-refractivity contribution in [1.29, 1.82) is 0 Å². The molecule has 10 nitrogen and oxygen atoms in total. The molecule has 0 aromatic heterocycles. The van der Waals surface area contributed by atoms with Gasteiger partial charge in [0, 0.05) is 48.9 Å². The van der Waals surface area contributed by atoms with E-state index in [-0.39, 0.29) is 84.0 Å². The molecule has 0 unspecified atom stereocenters. The number of allylic oxidation sites excluding steroid dienone is 2. The third-order valence-electron chi connectivity index (χ3n) is 10.7. The SMILES string of the molecule is C=C1C(=O)O[C@H]2[C@H]1CC/C(CNC(=O)CCCC(=O)NC/C1=C/CC[C@@]3(C)O[C@H]3[C@H]3OC(=O)C(=C)[C@@H]3CC1)=C\CC[C@@]1(C)O[C@@H]21. The fourth-order valence-electron chi connectivity index (χ4n) is 7.57. The maximum Gasteiger partial charge on any atom is 0.334 e. The second-order valence-corrected chi connectivity index (χ2v) is 14.0. The fourth-order valence-corrected chi connectivity index (χ4v) is 7.57. The molecule has 8 atom stereocenters. The molecule has 6 aliphatic rings. The summed E-state index contributed by atoms with van der Waals surface area (Å²) in [4.78, 5) is 49.7. The van der Waals surface area contributed by atoms with Crippen molar-refractivity contribution < 1.29 is 38.1 Å². The highest BCUT2D eigenvalue weighted by atomic mass is 16.7. The predicted octanol–water partition coefficient (Wildman–Crippen LogP) is 3.90. The average molecular weight is 623 g/mol. The van der Waals surface area contributed by atoms with E-state index >= 15 is 0 Å². The van der Waals surface area contributed by atoms with Crippen molar-refractivity contribution in [2.45, 2.75) is 120 Å². The van der Waals surface area contributed by atoms with Gasteiger partial charge in [-0.15, -0.1) is 0 Å². The summed E-state index contributed by atoms with van der Waals surface area (Å²) >= 11 is 0. The quantitative estimate of drug-likeness (QED) is 0.180. The highest BCUT2D eigenvalue weighted by Gasteiger charge is 2.62. The molecule has 0 spiro atoms. The number of epoxide rings is 2. The Bertz CT molecular complexity index is 1250. The molecule has 4 saturated heterocycles. The van der Waals surface area contributed by atoms with E-state index in [1.165, 1.54) is 0 Å². The summed E-state index contributed by atoms with van der Waals surface area (Å²) in [6.45, 7) is 12.9. The summed E-state index contributed by atoms with van der Waals surface area (Å²) in [6.07, 6.45) is 10.9. The summed E-state index contributed by atoms with van der Waals surface area (Å²) in [5.74, 6) is -1.00. The second kappa shape index (κ2) is 12.5. The largest absolute Gasteiger partial charge is 0.455 e. The molecule has 2 aliphatic carbocycles. The van der Waals surface area contributed by atoms with Gasteiger partial charge < -0.3 is 29.6 Å². The van der Waals surface area contributed by atoms with Crippen molar-refractivity contribution >= 4 is 23.8 Å². The number of carbonyl (C=O) groups is 4. The molecule has 0 aromatic rings. The van der Waals surface area contributed by atoms with E-state index in [9.17, 15) is 19.2 Å². The van der Waals surface area contributed by atoms with Crippen molar-refractivity contribution in [3.63, 3.8) is 0 Å². The van der Waals surface area contributed by atoms with E-state index in [2.05, 4.69) is 49.8 Å². The molecule has 10 heteroatoms. The number of carbonyl (C=O) groups excluding carboxylic acids is 4. The van der Waals surface area contributed by atoms with Crippen molar-refractivity contribution in [1.82, 2.24) is 10.6 Å². The van der Waals surface area contributed by atoms with Crippen LogP contribution in [0, 0.1) is 11.8 Å². The number of ether oxygens (including phenoxy) is 4. The van der Waals surface area contributed by atoms with E-state index in [0.717, 1.165) is 62.5 Å². The van der Waals surface area contributed by atoms with E-state index in [0.29, 0.717) is 30.7 Å². The Kier molecular flexibility index (Phi) is 8.82. The topological polar surface area (TPSA) is 136 Å². The Morgan fingerprint density at radius 2 is 1.20 bits per heavy atom. The van der Waals surface area contributed by atoms with Crippen LogP contribution < -0.4 is 10.6 Å². The lowest BCUT2D eigenvalue weighted by Gasteiger charge is -2.20. The van der Waals surface area contributed by atoms with E-state index in [1.807, 2.05) is 0 Å². The molecule has 244 valence electrons. The van der Waals surface area contributed by atoms with Gasteiger partial charge in [0.25, 0.3) is 0 Å². The first-order valence-corrected chi connectivity index (χ1v) is 16.5. The molecule has 4 aliphatic heterocycles. The van der Waals surface area contributed by atoms with Crippen LogP contribution in [0.15, 0.2) is 47.6 Å². The van der Waals surface area contributed by atoms with Crippen LogP contribution in [0.4, 0.5) is 0 Å². The molecular formula is C35H46N2O8. The van der Waals surface area contributed by atoms with Gasteiger partial charge >= 0.3 is 11.9 Å². The van der Waals surface area contributed by atoms with Crippen LogP contribution in [0.3, 0.4) is 0 Å². The molecule has 0 radical (unpaired) electrons. The fraction of sp³-hybridized carbons (Fsp3) is 0.657. The van der Waals surface area contributed by atoms with Gasteiger partial charge in [-0.2, -0.15) is 0 Å². The number of rotatable bonds is 8. The van der Waals surface area contributed by atoms with Gasteiger partial charge in [-0.3, -0.25) is 9.59 Å². The first-order chi connectivity index (χ1) is 21.5. The highest BCUT2D eigenvalue weighted by molar-refractivity contribution is 5.91. The molecule has 2 amide bonds. The molecular weight excluding hydrogens is 576 g/mol. The lowest BCUT2D eigenvalue weighted by atomic mass is 9.84. The molecule has 4 heterocycles. The van der Waals surface area contributed by atoms with Gasteiger partial charge in [-0.05, 0) is 71.6 Å². The third kappa shape index (κ3) is 6.82. The maximum atomic E-state index is 12.6. The molecule has 0 aromatic carbocycles. The third-order valence-corrected chi connectivity index (χ3v) is 10.7. The van der Waals surface area contributed by atoms with Gasteiger partial charge in [0.2, 0.25) is 11.8 Å². The molecule has 45 heavy (non-hydrogen) atoms. The summed E-state index contributed by atoms with van der Waals surface area (Å²) in [7, 11) is 0. The monoisotopic (exact) mass is 622 g/mol. The van der Waals surface area contributed by atoms with E-state index in [1.54, 1.807) is 0 Å². The van der Waals surface area contributed by atoms with Crippen molar-refractivity contribution in [3.05, 3.63) is 47.6 Å². The highest BCUT2D eigenvalue weighted by Crippen LogP contribution is 2.51. The van der Waals surface area contributed by atoms with Crippen molar-refractivity contribution in [2.75, 3.05) is 13.1 Å². The average Bonchev–Trinajstić information content (AvgIpc) is 3.81. The van der Waals surface area contributed by atoms with Crippen LogP contribution in [0.5, 0.6) is 0 Å². The van der Waals surface area contributed by atoms with Gasteiger partial charge in [0.05, 0.1) is 11.2 Å². The molecule has 0 saturated carbocycles. The Balaban J connectivity index is 0.920. The number of nitrogens with one attached hydrogen (secondary N) is 2. The number of amides is 2. The Labute approximate surface area is 265 Å². The molecule has 2 N–H and O–H groups in total. The summed E-state index contributed by atoms with van der Waals surface area (Å²) in [5.41, 5.74) is 2.68. The van der Waals surface area contributed by atoms with Crippen molar-refractivity contribution in [3.8, 4) is 0 Å². The zero-order valence-electron chi connectivity index (χ0n) is 26.5. The first-order valence-electron chi connectivity index (χ1n) is 16.5. The minimum atomic E-state index is -0.334.